The zero-order valence-corrected chi connectivity index (χ0v) is 25.7. The Balaban J connectivity index is 1.62. The van der Waals surface area contributed by atoms with Gasteiger partial charge in [0.2, 0.25) is 0 Å². The highest BCUT2D eigenvalue weighted by Crippen LogP contribution is 2.60. The topological polar surface area (TPSA) is 74.8 Å². The van der Waals surface area contributed by atoms with Crippen molar-refractivity contribution in [2.75, 3.05) is 5.88 Å². The van der Waals surface area contributed by atoms with Crippen LogP contribution in [0.1, 0.15) is 33.6 Å². The van der Waals surface area contributed by atoms with Crippen molar-refractivity contribution in [3.05, 3.63) is 68.7 Å². The lowest BCUT2D eigenvalue weighted by Gasteiger charge is -2.37. The maximum Gasteiger partial charge on any atom is 0.275 e. The SMILES string of the molecule is O=C(c1ccc(Cl)cc1)[C@H](CCCl)N(C(=O)c1ccc(Cl)cc1Cl)N1C(=O)[C@@H]2[C@H]3C[C@@H]([C@H](Br)[C@@H]3Br)[C@@H]2C1=O. The van der Waals surface area contributed by atoms with Gasteiger partial charge in [-0.2, -0.15) is 5.01 Å². The third kappa shape index (κ3) is 4.63. The number of alkyl halides is 3. The Morgan fingerprint density at radius 3 is 2.00 bits per heavy atom. The van der Waals surface area contributed by atoms with Crippen LogP contribution in [-0.2, 0) is 9.59 Å². The third-order valence-corrected chi connectivity index (χ3v) is 11.9. The molecule has 1 saturated heterocycles. The number of hydrazine groups is 1. The van der Waals surface area contributed by atoms with Crippen molar-refractivity contribution in [1.82, 2.24) is 10.0 Å². The second kappa shape index (κ2) is 11.0. The summed E-state index contributed by atoms with van der Waals surface area (Å²) >= 11 is 31.9. The van der Waals surface area contributed by atoms with E-state index in [2.05, 4.69) is 31.9 Å². The molecule has 7 atom stereocenters. The van der Waals surface area contributed by atoms with E-state index in [4.69, 9.17) is 46.4 Å². The Morgan fingerprint density at radius 2 is 1.47 bits per heavy atom. The van der Waals surface area contributed by atoms with E-state index in [1.807, 2.05) is 0 Å². The van der Waals surface area contributed by atoms with Crippen molar-refractivity contribution >= 4 is 102 Å². The second-order valence-electron chi connectivity index (χ2n) is 9.63. The number of carbonyl (C=O) groups excluding carboxylic acids is 4. The summed E-state index contributed by atoms with van der Waals surface area (Å²) < 4.78 is 0. The number of benzene rings is 2. The van der Waals surface area contributed by atoms with Crippen molar-refractivity contribution in [1.29, 1.82) is 0 Å². The van der Waals surface area contributed by atoms with Crippen molar-refractivity contribution < 1.29 is 19.2 Å². The van der Waals surface area contributed by atoms with E-state index < -0.39 is 41.4 Å². The van der Waals surface area contributed by atoms with E-state index in [-0.39, 0.29) is 49.9 Å². The molecule has 12 heteroatoms. The molecule has 2 bridgehead atoms. The van der Waals surface area contributed by atoms with Crippen molar-refractivity contribution in [3.63, 3.8) is 0 Å². The summed E-state index contributed by atoms with van der Waals surface area (Å²) in [5.41, 5.74) is 0.252. The van der Waals surface area contributed by atoms with Crippen LogP contribution in [0.15, 0.2) is 42.5 Å². The average Bonchev–Trinajstić information content (AvgIpc) is 3.49. The highest BCUT2D eigenvalue weighted by Gasteiger charge is 2.68. The molecule has 1 aliphatic heterocycles. The molecule has 0 radical (unpaired) electrons. The first kappa shape index (κ1) is 28.4. The number of hydrogen-bond donors (Lipinski definition) is 0. The first-order valence-corrected chi connectivity index (χ1v) is 15.4. The number of Topliss-reactive ketones (excluding diaryl/α,β-unsaturated/α-hetero) is 1. The molecule has 3 aliphatic rings. The minimum atomic E-state index is -1.25. The Morgan fingerprint density at radius 1 is 0.921 bits per heavy atom. The van der Waals surface area contributed by atoms with Gasteiger partial charge in [-0.25, -0.2) is 5.01 Å². The quantitative estimate of drug-likeness (QED) is 0.182. The van der Waals surface area contributed by atoms with Crippen LogP contribution in [0.5, 0.6) is 0 Å². The van der Waals surface area contributed by atoms with Crippen LogP contribution < -0.4 is 0 Å². The Kier molecular flexibility index (Phi) is 8.23. The summed E-state index contributed by atoms with van der Waals surface area (Å²) in [7, 11) is 0. The first-order valence-electron chi connectivity index (χ1n) is 11.9. The first-order chi connectivity index (χ1) is 18.1. The van der Waals surface area contributed by atoms with Crippen molar-refractivity contribution in [3.8, 4) is 0 Å². The van der Waals surface area contributed by atoms with Crippen LogP contribution in [0.4, 0.5) is 0 Å². The molecule has 2 aromatic carbocycles. The third-order valence-electron chi connectivity index (χ3n) is 7.66. The molecular formula is C26H20Br2Cl4N2O4. The van der Waals surface area contributed by atoms with E-state index in [9.17, 15) is 19.2 Å². The van der Waals surface area contributed by atoms with Crippen LogP contribution in [0, 0.1) is 23.7 Å². The number of hydrogen-bond acceptors (Lipinski definition) is 4. The van der Waals surface area contributed by atoms with Gasteiger partial charge in [-0.1, -0.05) is 66.7 Å². The predicted octanol–water partition coefficient (Wildman–Crippen LogP) is 6.66. The van der Waals surface area contributed by atoms with Crippen LogP contribution in [-0.4, -0.2) is 55.1 Å². The Hall–Kier alpha value is -1.16. The standard InChI is InChI=1S/C26H20Br2Cl4N2O4/c27-21-15-10-16(22(21)28)20-19(15)25(37)34(26(20)38)33(24(36)14-6-5-13(31)9-17(14)32)18(7-8-29)23(35)11-1-3-12(30)4-2-11/h1-6,9,15-16,18-22H,7-8,10H2/t15-,16-,18+,19-,20+,21-,22+/m1/s1. The molecule has 0 spiro atoms. The fraction of sp³-hybridized carbons (Fsp3) is 0.385. The summed E-state index contributed by atoms with van der Waals surface area (Å²) in [6.07, 6.45) is 0.708. The maximum atomic E-state index is 14.1. The molecule has 5 rings (SSSR count). The lowest BCUT2D eigenvalue weighted by Crippen LogP contribution is -2.58. The van der Waals surface area contributed by atoms with Gasteiger partial charge in [-0.15, -0.1) is 11.6 Å². The zero-order valence-electron chi connectivity index (χ0n) is 19.5. The van der Waals surface area contributed by atoms with Gasteiger partial charge in [0.25, 0.3) is 17.7 Å². The number of fused-ring (bicyclic) bond motifs is 5. The molecule has 0 unspecified atom stereocenters. The average molecular weight is 726 g/mol. The van der Waals surface area contributed by atoms with Crippen molar-refractivity contribution in [2.24, 2.45) is 23.7 Å². The van der Waals surface area contributed by atoms with Crippen LogP contribution >= 0.6 is 78.3 Å². The van der Waals surface area contributed by atoms with Crippen LogP contribution in [0.25, 0.3) is 0 Å². The van der Waals surface area contributed by atoms with Gasteiger partial charge in [0.15, 0.2) is 5.78 Å². The van der Waals surface area contributed by atoms with E-state index in [0.29, 0.717) is 10.0 Å². The van der Waals surface area contributed by atoms with Gasteiger partial charge in [0.1, 0.15) is 6.04 Å². The minimum absolute atomic E-state index is 0.00286. The molecule has 38 heavy (non-hydrogen) atoms. The highest BCUT2D eigenvalue weighted by molar-refractivity contribution is 9.12. The van der Waals surface area contributed by atoms with Gasteiger partial charge in [-0.3, -0.25) is 19.2 Å². The summed E-state index contributed by atoms with van der Waals surface area (Å²) in [5, 5.41) is 2.59. The molecule has 1 heterocycles. The molecule has 3 amide bonds. The summed E-state index contributed by atoms with van der Waals surface area (Å²) in [4.78, 5) is 55.8. The maximum absolute atomic E-state index is 14.1. The lowest BCUT2D eigenvalue weighted by molar-refractivity contribution is -0.157. The summed E-state index contributed by atoms with van der Waals surface area (Å²) in [5.74, 6) is -3.62. The minimum Gasteiger partial charge on any atom is -0.292 e. The fourth-order valence-corrected chi connectivity index (χ4v) is 8.67. The van der Waals surface area contributed by atoms with E-state index in [1.54, 1.807) is 12.1 Å². The smallest absolute Gasteiger partial charge is 0.275 e. The molecule has 6 nitrogen and oxygen atoms in total. The zero-order chi connectivity index (χ0) is 27.5. The van der Waals surface area contributed by atoms with Crippen molar-refractivity contribution in [2.45, 2.75) is 28.5 Å². The van der Waals surface area contributed by atoms with Crippen LogP contribution in [0.3, 0.4) is 0 Å². The van der Waals surface area contributed by atoms with Gasteiger partial charge in [0.05, 0.1) is 22.4 Å². The second-order valence-corrected chi connectivity index (χ2v) is 13.4. The molecule has 0 N–H and O–H groups in total. The number of rotatable bonds is 7. The van der Waals surface area contributed by atoms with E-state index in [1.165, 1.54) is 30.3 Å². The van der Waals surface area contributed by atoms with E-state index in [0.717, 1.165) is 16.4 Å². The molecule has 0 aromatic heterocycles. The number of imide groups is 1. The monoisotopic (exact) mass is 722 g/mol. The lowest BCUT2D eigenvalue weighted by atomic mass is 9.81. The molecule has 200 valence electrons. The number of nitrogens with zero attached hydrogens (tertiary/aromatic N) is 2. The highest BCUT2D eigenvalue weighted by atomic mass is 79.9. The van der Waals surface area contributed by atoms with Gasteiger partial charge in [-0.05, 0) is 67.1 Å². The summed E-state index contributed by atoms with van der Waals surface area (Å²) in [6, 6.07) is 9.17. The molecular weight excluding hydrogens is 706 g/mol. The number of carbonyl (C=O) groups is 4. The normalized spacial score (nSPS) is 28.5. The molecule has 2 aromatic rings. The van der Waals surface area contributed by atoms with Gasteiger partial charge in [0, 0.05) is 31.1 Å². The summed E-state index contributed by atoms with van der Waals surface area (Å²) in [6.45, 7) is 0. The van der Waals surface area contributed by atoms with Crippen LogP contribution in [0.2, 0.25) is 15.1 Å². The molecule has 2 saturated carbocycles. The largest absolute Gasteiger partial charge is 0.292 e. The fourth-order valence-electron chi connectivity index (χ4n) is 5.98. The number of ketones is 1. The number of halogens is 6. The Labute approximate surface area is 256 Å². The van der Waals surface area contributed by atoms with Gasteiger partial charge >= 0.3 is 0 Å². The van der Waals surface area contributed by atoms with Gasteiger partial charge < -0.3 is 0 Å². The molecule has 3 fully saturated rings. The molecule has 2 aliphatic carbocycles. The number of amides is 3. The predicted molar refractivity (Wildman–Crippen MR) is 153 cm³/mol. The Bertz CT molecular complexity index is 1290. The van der Waals surface area contributed by atoms with E-state index >= 15 is 0 Å².